The van der Waals surface area contributed by atoms with Crippen LogP contribution in [-0.2, 0) is 26.2 Å². The highest BCUT2D eigenvalue weighted by Gasteiger charge is 2.32. The molecule has 0 aliphatic carbocycles. The third-order valence-electron chi connectivity index (χ3n) is 6.32. The van der Waals surface area contributed by atoms with E-state index in [1.165, 1.54) is 24.1 Å². The number of ether oxygens (including phenoxy) is 2. The minimum atomic E-state index is -4.14. The summed E-state index contributed by atoms with van der Waals surface area (Å²) in [5.74, 6) is 0.457. The summed E-state index contributed by atoms with van der Waals surface area (Å²) in [5.41, 5.74) is 1.02. The van der Waals surface area contributed by atoms with Crippen LogP contribution in [0.15, 0.2) is 83.8 Å². The Balaban J connectivity index is 2.01. The second kappa shape index (κ2) is 13.8. The van der Waals surface area contributed by atoms with Crippen LogP contribution >= 0.6 is 0 Å². The van der Waals surface area contributed by atoms with Gasteiger partial charge in [-0.3, -0.25) is 13.9 Å². The molecule has 0 aliphatic heterocycles. The van der Waals surface area contributed by atoms with Gasteiger partial charge in [-0.05, 0) is 54.8 Å². The summed E-state index contributed by atoms with van der Waals surface area (Å²) in [6.45, 7) is 5.61. The highest BCUT2D eigenvalue weighted by molar-refractivity contribution is 7.92. The number of carbonyl (C=O) groups is 2. The van der Waals surface area contributed by atoms with Gasteiger partial charge < -0.3 is 19.7 Å². The van der Waals surface area contributed by atoms with E-state index in [1.807, 2.05) is 13.8 Å². The van der Waals surface area contributed by atoms with E-state index < -0.39 is 28.5 Å². The van der Waals surface area contributed by atoms with Crippen molar-refractivity contribution in [2.45, 2.75) is 38.3 Å². The number of methoxy groups -OCH3 is 2. The number of rotatable bonds is 13. The maximum absolute atomic E-state index is 14.0. The molecule has 2 amide bonds. The van der Waals surface area contributed by atoms with Gasteiger partial charge in [0, 0.05) is 19.2 Å². The third kappa shape index (κ3) is 7.75. The van der Waals surface area contributed by atoms with Gasteiger partial charge in [0.15, 0.2) is 0 Å². The highest BCUT2D eigenvalue weighted by atomic mass is 32.2. The topological polar surface area (TPSA) is 105 Å². The molecule has 214 valence electrons. The zero-order valence-corrected chi connectivity index (χ0v) is 24.4. The molecule has 3 aromatic carbocycles. The minimum absolute atomic E-state index is 0.0371. The normalized spacial score (nSPS) is 11.9. The number of carbonyl (C=O) groups excluding carboxylic acids is 2. The van der Waals surface area contributed by atoms with Crippen LogP contribution in [0.2, 0.25) is 0 Å². The van der Waals surface area contributed by atoms with Gasteiger partial charge in [0.2, 0.25) is 11.8 Å². The van der Waals surface area contributed by atoms with Gasteiger partial charge in [-0.25, -0.2) is 8.42 Å². The minimum Gasteiger partial charge on any atom is -0.497 e. The van der Waals surface area contributed by atoms with E-state index >= 15 is 0 Å². The first-order chi connectivity index (χ1) is 19.1. The largest absolute Gasteiger partial charge is 0.497 e. The fourth-order valence-corrected chi connectivity index (χ4v) is 5.40. The number of nitrogens with zero attached hydrogens (tertiary/aromatic N) is 2. The van der Waals surface area contributed by atoms with Crippen molar-refractivity contribution < 1.29 is 27.5 Å². The molecule has 0 fully saturated rings. The monoisotopic (exact) mass is 567 g/mol. The van der Waals surface area contributed by atoms with E-state index in [0.29, 0.717) is 18.0 Å². The summed E-state index contributed by atoms with van der Waals surface area (Å²) in [7, 11) is -1.10. The highest BCUT2D eigenvalue weighted by Crippen LogP contribution is 2.27. The van der Waals surface area contributed by atoms with Crippen LogP contribution in [0, 0.1) is 5.92 Å². The molecule has 40 heavy (non-hydrogen) atoms. The molecule has 0 saturated carbocycles. The molecule has 0 aliphatic rings. The lowest BCUT2D eigenvalue weighted by Crippen LogP contribution is -2.51. The lowest BCUT2D eigenvalue weighted by atomic mass is 10.1. The quantitative estimate of drug-likeness (QED) is 0.334. The second-order valence-electron chi connectivity index (χ2n) is 9.71. The van der Waals surface area contributed by atoms with Crippen molar-refractivity contribution in [3.8, 4) is 11.5 Å². The van der Waals surface area contributed by atoms with E-state index in [1.54, 1.807) is 80.8 Å². The molecule has 1 atom stereocenters. The van der Waals surface area contributed by atoms with Crippen molar-refractivity contribution in [3.05, 3.63) is 84.4 Å². The molecule has 3 rings (SSSR count). The van der Waals surface area contributed by atoms with E-state index in [2.05, 4.69) is 5.32 Å². The molecule has 1 unspecified atom stereocenters. The predicted octanol–water partition coefficient (Wildman–Crippen LogP) is 4.09. The predicted molar refractivity (Wildman–Crippen MR) is 155 cm³/mol. The number of hydrogen-bond acceptors (Lipinski definition) is 6. The van der Waals surface area contributed by atoms with Crippen LogP contribution in [0.5, 0.6) is 11.5 Å². The van der Waals surface area contributed by atoms with Crippen LogP contribution in [-0.4, -0.2) is 58.5 Å². The second-order valence-corrected chi connectivity index (χ2v) is 11.6. The van der Waals surface area contributed by atoms with E-state index in [0.717, 1.165) is 9.87 Å². The van der Waals surface area contributed by atoms with Crippen molar-refractivity contribution in [2.24, 2.45) is 5.92 Å². The van der Waals surface area contributed by atoms with Gasteiger partial charge in [-0.15, -0.1) is 0 Å². The molecule has 9 nitrogen and oxygen atoms in total. The molecule has 0 radical (unpaired) electrons. The lowest BCUT2D eigenvalue weighted by Gasteiger charge is -2.32. The molecule has 0 bridgehead atoms. The van der Waals surface area contributed by atoms with Gasteiger partial charge in [0.05, 0.1) is 24.8 Å². The SMILES string of the molecule is COc1ccc(CN(C(=O)CN(c2cccc(OC)c2)S(=O)(=O)c2ccccc2)C(C)C(=O)NCC(C)C)cc1. The zero-order chi connectivity index (χ0) is 29.3. The average Bonchev–Trinajstić information content (AvgIpc) is 2.97. The third-order valence-corrected chi connectivity index (χ3v) is 8.10. The summed E-state index contributed by atoms with van der Waals surface area (Å²) in [5, 5.41) is 2.88. The number of anilines is 1. The fraction of sp³-hybridized carbons (Fsp3) is 0.333. The molecule has 0 saturated heterocycles. The smallest absolute Gasteiger partial charge is 0.264 e. The van der Waals surface area contributed by atoms with Crippen molar-refractivity contribution in [1.82, 2.24) is 10.2 Å². The van der Waals surface area contributed by atoms with E-state index in [9.17, 15) is 18.0 Å². The Bertz CT molecular complexity index is 1380. The van der Waals surface area contributed by atoms with Crippen LogP contribution < -0.4 is 19.1 Å². The first-order valence-corrected chi connectivity index (χ1v) is 14.4. The fourth-order valence-electron chi connectivity index (χ4n) is 3.98. The molecule has 3 aromatic rings. The van der Waals surface area contributed by atoms with Crippen LogP contribution in [0.1, 0.15) is 26.3 Å². The van der Waals surface area contributed by atoms with Crippen molar-refractivity contribution in [3.63, 3.8) is 0 Å². The van der Waals surface area contributed by atoms with Gasteiger partial charge in [0.1, 0.15) is 24.1 Å². The Morgan fingerprint density at radius 1 is 0.850 bits per heavy atom. The van der Waals surface area contributed by atoms with Gasteiger partial charge in [-0.2, -0.15) is 0 Å². The number of sulfonamides is 1. The Morgan fingerprint density at radius 3 is 2.10 bits per heavy atom. The molecular weight excluding hydrogens is 530 g/mol. The van der Waals surface area contributed by atoms with Crippen molar-refractivity contribution >= 4 is 27.5 Å². The van der Waals surface area contributed by atoms with E-state index in [-0.39, 0.29) is 29.0 Å². The Kier molecular flexibility index (Phi) is 10.6. The number of benzene rings is 3. The average molecular weight is 568 g/mol. The van der Waals surface area contributed by atoms with Gasteiger partial charge in [0.25, 0.3) is 10.0 Å². The number of amides is 2. The van der Waals surface area contributed by atoms with Crippen molar-refractivity contribution in [1.29, 1.82) is 0 Å². The molecule has 0 aromatic heterocycles. The molecule has 10 heteroatoms. The summed E-state index contributed by atoms with van der Waals surface area (Å²) in [6, 6.07) is 20.7. The van der Waals surface area contributed by atoms with Crippen molar-refractivity contribution in [2.75, 3.05) is 31.6 Å². The standard InChI is InChI=1S/C30H37N3O6S/c1-22(2)19-31-30(35)23(3)32(20-24-14-16-26(38-4)17-15-24)29(34)21-33(25-10-9-11-27(18-25)39-5)40(36,37)28-12-7-6-8-13-28/h6-18,22-23H,19-21H2,1-5H3,(H,31,35). The first kappa shape index (κ1) is 30.5. The van der Waals surface area contributed by atoms with Gasteiger partial charge in [-0.1, -0.05) is 50.2 Å². The Hall–Kier alpha value is -4.05. The summed E-state index contributed by atoms with van der Waals surface area (Å²) in [6.07, 6.45) is 0. The Labute approximate surface area is 236 Å². The summed E-state index contributed by atoms with van der Waals surface area (Å²) in [4.78, 5) is 28.5. The maximum atomic E-state index is 14.0. The lowest BCUT2D eigenvalue weighted by molar-refractivity contribution is -0.139. The molecule has 1 N–H and O–H groups in total. The van der Waals surface area contributed by atoms with Crippen LogP contribution in [0.3, 0.4) is 0 Å². The molecule has 0 spiro atoms. The molecule has 0 heterocycles. The summed E-state index contributed by atoms with van der Waals surface area (Å²) >= 11 is 0. The molecular formula is C30H37N3O6S. The number of hydrogen-bond donors (Lipinski definition) is 1. The number of nitrogens with one attached hydrogen (secondary N) is 1. The zero-order valence-electron chi connectivity index (χ0n) is 23.5. The van der Waals surface area contributed by atoms with Crippen LogP contribution in [0.4, 0.5) is 5.69 Å². The summed E-state index contributed by atoms with van der Waals surface area (Å²) < 4.78 is 39.2. The first-order valence-electron chi connectivity index (χ1n) is 13.0. The Morgan fingerprint density at radius 2 is 1.50 bits per heavy atom. The van der Waals surface area contributed by atoms with Crippen LogP contribution in [0.25, 0.3) is 0 Å². The maximum Gasteiger partial charge on any atom is 0.264 e. The van der Waals surface area contributed by atoms with E-state index in [4.69, 9.17) is 9.47 Å². The van der Waals surface area contributed by atoms with Gasteiger partial charge >= 0.3 is 0 Å².